The number of para-hydroxylation sites is 2. The second kappa shape index (κ2) is 8.75. The Morgan fingerprint density at radius 3 is 2.37 bits per heavy atom. The zero-order valence-electron chi connectivity index (χ0n) is 19.6. The minimum absolute atomic E-state index is 0. The predicted molar refractivity (Wildman–Crippen MR) is 142 cm³/mol. The monoisotopic (exact) mass is 671 g/mol. The number of fused-ring (bicyclic) bond motifs is 9. The van der Waals surface area contributed by atoms with Crippen molar-refractivity contribution in [2.75, 3.05) is 0 Å². The summed E-state index contributed by atoms with van der Waals surface area (Å²) in [6, 6.07) is 31.2. The van der Waals surface area contributed by atoms with E-state index in [0.29, 0.717) is 11.5 Å². The van der Waals surface area contributed by atoms with Gasteiger partial charge in [0, 0.05) is 34.0 Å². The van der Waals surface area contributed by atoms with Crippen LogP contribution in [0, 0.1) is 12.1 Å². The van der Waals surface area contributed by atoms with E-state index >= 15 is 0 Å². The molecule has 8 heteroatoms. The van der Waals surface area contributed by atoms with E-state index in [-0.39, 0.29) is 21.1 Å². The van der Waals surface area contributed by atoms with Crippen LogP contribution in [0.25, 0.3) is 54.9 Å². The first-order chi connectivity index (χ1) is 18.3. The van der Waals surface area contributed by atoms with Crippen LogP contribution in [0.2, 0.25) is 0 Å². The molecule has 0 spiro atoms. The first kappa shape index (κ1) is 22.6. The number of aromatic nitrogens is 6. The zero-order chi connectivity index (χ0) is 24.3. The van der Waals surface area contributed by atoms with Gasteiger partial charge in [-0.05, 0) is 41.5 Å². The molecule has 0 atom stereocenters. The van der Waals surface area contributed by atoms with Crippen LogP contribution >= 0.6 is 0 Å². The normalized spacial score (nSPS) is 11.5. The van der Waals surface area contributed by atoms with Crippen molar-refractivity contribution in [3.8, 4) is 17.2 Å². The summed E-state index contributed by atoms with van der Waals surface area (Å²) in [4.78, 5) is 9.09. The van der Waals surface area contributed by atoms with Crippen LogP contribution in [-0.2, 0) is 21.1 Å². The fourth-order valence-corrected chi connectivity index (χ4v) is 5.12. The molecular formula is C30H16N6OPt. The van der Waals surface area contributed by atoms with Gasteiger partial charge in [0.1, 0.15) is 12.0 Å². The quantitative estimate of drug-likeness (QED) is 0.163. The summed E-state index contributed by atoms with van der Waals surface area (Å²) in [7, 11) is 0. The first-order valence-electron chi connectivity index (χ1n) is 11.8. The molecule has 182 valence electrons. The van der Waals surface area contributed by atoms with Crippen molar-refractivity contribution in [3.05, 3.63) is 110 Å². The van der Waals surface area contributed by atoms with Crippen LogP contribution in [0.4, 0.5) is 0 Å². The molecular weight excluding hydrogens is 655 g/mol. The van der Waals surface area contributed by atoms with Gasteiger partial charge in [-0.25, -0.2) is 4.98 Å². The minimum Gasteiger partial charge on any atom is -0.501 e. The molecule has 0 saturated heterocycles. The van der Waals surface area contributed by atoms with Crippen molar-refractivity contribution < 1.29 is 25.8 Å². The van der Waals surface area contributed by atoms with Crippen LogP contribution in [0.1, 0.15) is 0 Å². The number of pyridine rings is 3. The Bertz CT molecular complexity index is 2100. The molecule has 8 aromatic rings. The Morgan fingerprint density at radius 2 is 1.47 bits per heavy atom. The molecule has 0 N–H and O–H groups in total. The second-order valence-corrected chi connectivity index (χ2v) is 8.76. The molecule has 0 fully saturated rings. The van der Waals surface area contributed by atoms with Gasteiger partial charge in [-0.3, -0.25) is 0 Å². The van der Waals surface area contributed by atoms with Gasteiger partial charge >= 0.3 is 21.1 Å². The standard InChI is InChI=1S/C30H16N6O.Pt/c1-3-9-27-23(6-1)22-12-11-20(15-26(22)30-34-33-18-35(27)30)37-21-14-19(16-31-17-21)36-28-10-4-2-7-24(28)25-8-5-13-32-29(25)36;/h1-13,16-18H;/q-2;+2. The molecule has 0 amide bonds. The van der Waals surface area contributed by atoms with Gasteiger partial charge in [-0.1, -0.05) is 59.4 Å². The Hall–Kier alpha value is -4.61. The molecule has 0 saturated carbocycles. The Kier molecular flexibility index (Phi) is 5.20. The summed E-state index contributed by atoms with van der Waals surface area (Å²) in [5.41, 5.74) is 4.39. The van der Waals surface area contributed by atoms with Crippen molar-refractivity contribution in [2.24, 2.45) is 0 Å². The molecule has 0 aliphatic carbocycles. The molecule has 5 aromatic heterocycles. The second-order valence-electron chi connectivity index (χ2n) is 8.76. The predicted octanol–water partition coefficient (Wildman–Crippen LogP) is 6.31. The summed E-state index contributed by atoms with van der Waals surface area (Å²) in [5.74, 6) is 1.02. The van der Waals surface area contributed by atoms with Crippen molar-refractivity contribution in [1.29, 1.82) is 0 Å². The minimum atomic E-state index is 0. The molecule has 3 aromatic carbocycles. The molecule has 0 radical (unpaired) electrons. The summed E-state index contributed by atoms with van der Waals surface area (Å²) >= 11 is 0. The van der Waals surface area contributed by atoms with E-state index in [4.69, 9.17) is 4.74 Å². The summed E-state index contributed by atoms with van der Waals surface area (Å²) in [6.07, 6.45) is 6.93. The third-order valence-corrected chi connectivity index (χ3v) is 6.68. The van der Waals surface area contributed by atoms with Crippen molar-refractivity contribution in [2.45, 2.75) is 0 Å². The van der Waals surface area contributed by atoms with Gasteiger partial charge in [-0.15, -0.1) is 23.3 Å². The maximum absolute atomic E-state index is 6.22. The summed E-state index contributed by atoms with van der Waals surface area (Å²) < 4.78 is 10.3. The molecule has 0 unspecified atom stereocenters. The van der Waals surface area contributed by atoms with E-state index in [1.165, 1.54) is 0 Å². The molecule has 38 heavy (non-hydrogen) atoms. The van der Waals surface area contributed by atoms with Crippen LogP contribution in [0.5, 0.6) is 11.5 Å². The van der Waals surface area contributed by atoms with E-state index in [9.17, 15) is 0 Å². The summed E-state index contributed by atoms with van der Waals surface area (Å²) in [6.45, 7) is 0. The zero-order valence-corrected chi connectivity index (χ0v) is 21.9. The van der Waals surface area contributed by atoms with Crippen molar-refractivity contribution in [1.82, 2.24) is 29.1 Å². The van der Waals surface area contributed by atoms with E-state index in [1.54, 1.807) is 24.9 Å². The average molecular weight is 672 g/mol. The number of hydrogen-bond acceptors (Lipinski definition) is 5. The van der Waals surface area contributed by atoms with E-state index in [1.807, 2.05) is 46.9 Å². The number of hydrogen-bond donors (Lipinski definition) is 0. The topological polar surface area (TPSA) is 70.1 Å². The smallest absolute Gasteiger partial charge is 0.501 e. The molecule has 0 aliphatic rings. The van der Waals surface area contributed by atoms with Gasteiger partial charge in [0.2, 0.25) is 0 Å². The third kappa shape index (κ3) is 3.32. The molecule has 0 bridgehead atoms. The molecule has 7 nitrogen and oxygen atoms in total. The van der Waals surface area contributed by atoms with E-state index < -0.39 is 0 Å². The van der Waals surface area contributed by atoms with Gasteiger partial charge in [-0.2, -0.15) is 5.10 Å². The number of rotatable bonds is 3. The van der Waals surface area contributed by atoms with Crippen LogP contribution < -0.4 is 4.74 Å². The van der Waals surface area contributed by atoms with Gasteiger partial charge in [0.05, 0.1) is 11.2 Å². The third-order valence-electron chi connectivity index (χ3n) is 6.68. The SMILES string of the molecule is [Pt+2].[c-]1c(Oc2[c-]c3c(cc2)c2ccccc2n2cnnc32)cncc1-n1c2ccccc2c2cccnc21. The molecule has 8 rings (SSSR count). The van der Waals surface area contributed by atoms with Crippen LogP contribution in [-0.4, -0.2) is 29.1 Å². The number of nitrogens with zero attached hydrogens (tertiary/aromatic N) is 6. The van der Waals surface area contributed by atoms with Crippen molar-refractivity contribution >= 4 is 49.3 Å². The van der Waals surface area contributed by atoms with E-state index in [2.05, 4.69) is 67.2 Å². The molecule has 5 heterocycles. The fourth-order valence-electron chi connectivity index (χ4n) is 5.12. The van der Waals surface area contributed by atoms with Gasteiger partial charge < -0.3 is 18.7 Å². The summed E-state index contributed by atoms with van der Waals surface area (Å²) in [5, 5.41) is 13.6. The Morgan fingerprint density at radius 1 is 0.684 bits per heavy atom. The Labute approximate surface area is 230 Å². The maximum Gasteiger partial charge on any atom is 2.00 e. The first-order valence-corrected chi connectivity index (χ1v) is 11.8. The number of ether oxygens (including phenoxy) is 1. The molecule has 0 aliphatic heterocycles. The van der Waals surface area contributed by atoms with Crippen LogP contribution in [0.15, 0.2) is 97.7 Å². The largest absolute Gasteiger partial charge is 2.00 e. The van der Waals surface area contributed by atoms with Gasteiger partial charge in [0.15, 0.2) is 0 Å². The fraction of sp³-hybridized carbons (Fsp3) is 0. The maximum atomic E-state index is 6.22. The average Bonchev–Trinajstić information content (AvgIpc) is 3.57. The van der Waals surface area contributed by atoms with Gasteiger partial charge in [0.25, 0.3) is 0 Å². The van der Waals surface area contributed by atoms with Crippen molar-refractivity contribution in [3.63, 3.8) is 0 Å². The van der Waals surface area contributed by atoms with E-state index in [0.717, 1.165) is 54.9 Å². The van der Waals surface area contributed by atoms with Crippen LogP contribution in [0.3, 0.4) is 0 Å². The number of benzene rings is 3. The Balaban J connectivity index is 0.00000242.